The summed E-state index contributed by atoms with van der Waals surface area (Å²) in [6.45, 7) is 2.62. The van der Waals surface area contributed by atoms with E-state index >= 15 is 0 Å². The summed E-state index contributed by atoms with van der Waals surface area (Å²) in [6, 6.07) is 6.40. The molecule has 2 aromatic heterocycles. The van der Waals surface area contributed by atoms with Crippen LogP contribution in [0.15, 0.2) is 36.9 Å². The molecule has 6 nitrogen and oxygen atoms in total. The lowest BCUT2D eigenvalue weighted by Gasteiger charge is -2.23. The van der Waals surface area contributed by atoms with Crippen LogP contribution in [0.5, 0.6) is 5.75 Å². The average Bonchev–Trinajstić information content (AvgIpc) is 3.06. The van der Waals surface area contributed by atoms with Crippen molar-refractivity contribution < 1.29 is 4.74 Å². The van der Waals surface area contributed by atoms with Gasteiger partial charge in [-0.05, 0) is 31.9 Å². The lowest BCUT2D eigenvalue weighted by Crippen LogP contribution is -2.23. The fourth-order valence-corrected chi connectivity index (χ4v) is 3.42. The summed E-state index contributed by atoms with van der Waals surface area (Å²) in [6.07, 6.45) is 11.7. The van der Waals surface area contributed by atoms with Gasteiger partial charge in [-0.1, -0.05) is 19.3 Å². The minimum atomic E-state index is 0.502. The summed E-state index contributed by atoms with van der Waals surface area (Å²) >= 11 is 0. The Hall–Kier alpha value is -2.63. The van der Waals surface area contributed by atoms with E-state index < -0.39 is 0 Å². The van der Waals surface area contributed by atoms with Crippen LogP contribution in [0.2, 0.25) is 0 Å². The van der Waals surface area contributed by atoms with Crippen LogP contribution >= 0.6 is 0 Å². The topological polar surface area (TPSA) is 64.9 Å². The lowest BCUT2D eigenvalue weighted by molar-refractivity contribution is 0.340. The van der Waals surface area contributed by atoms with Gasteiger partial charge in [0, 0.05) is 12.1 Å². The van der Waals surface area contributed by atoms with Crippen molar-refractivity contribution in [3.8, 4) is 11.6 Å². The van der Waals surface area contributed by atoms with Gasteiger partial charge in [0.15, 0.2) is 5.82 Å². The average molecular weight is 337 g/mol. The van der Waals surface area contributed by atoms with Crippen LogP contribution in [-0.2, 0) is 0 Å². The predicted molar refractivity (Wildman–Crippen MR) is 98.3 cm³/mol. The van der Waals surface area contributed by atoms with Crippen molar-refractivity contribution in [1.29, 1.82) is 0 Å². The van der Waals surface area contributed by atoms with Crippen molar-refractivity contribution in [2.24, 2.45) is 0 Å². The second-order valence-electron chi connectivity index (χ2n) is 6.44. The van der Waals surface area contributed by atoms with Gasteiger partial charge in [0.1, 0.15) is 17.9 Å². The van der Waals surface area contributed by atoms with Gasteiger partial charge < -0.3 is 10.1 Å². The molecule has 0 atom stereocenters. The number of ether oxygens (including phenoxy) is 1. The molecule has 3 aromatic rings. The number of nitrogens with zero attached hydrogens (tertiary/aromatic N) is 4. The second kappa shape index (κ2) is 7.09. The minimum Gasteiger partial charge on any atom is -0.494 e. The molecule has 0 amide bonds. The maximum absolute atomic E-state index is 5.61. The zero-order valence-corrected chi connectivity index (χ0v) is 14.5. The highest BCUT2D eigenvalue weighted by atomic mass is 16.5. The predicted octanol–water partition coefficient (Wildman–Crippen LogP) is 3.96. The normalized spacial score (nSPS) is 15.4. The Morgan fingerprint density at radius 1 is 1.20 bits per heavy atom. The maximum atomic E-state index is 5.61. The Morgan fingerprint density at radius 2 is 2.08 bits per heavy atom. The molecule has 6 heteroatoms. The van der Waals surface area contributed by atoms with Crippen LogP contribution in [0.4, 0.5) is 5.82 Å². The molecule has 0 spiro atoms. The number of hydrogen-bond donors (Lipinski definition) is 1. The molecular weight excluding hydrogens is 314 g/mol. The standard InChI is InChI=1S/C19H23N5O/c1-2-25-15-8-9-16-17(10-15)24(13-21-16)19-12-20-11-18(23-19)22-14-6-4-3-5-7-14/h8-14H,2-7H2,1H3,(H,22,23). The first-order chi connectivity index (χ1) is 12.3. The molecule has 0 aliphatic heterocycles. The molecular formula is C19H23N5O. The van der Waals surface area contributed by atoms with Gasteiger partial charge in [0.05, 0.1) is 30.0 Å². The summed E-state index contributed by atoms with van der Waals surface area (Å²) in [5.41, 5.74) is 1.88. The Morgan fingerprint density at radius 3 is 2.92 bits per heavy atom. The third-order valence-electron chi connectivity index (χ3n) is 4.66. The third-order valence-corrected chi connectivity index (χ3v) is 4.66. The number of imidazole rings is 1. The molecule has 25 heavy (non-hydrogen) atoms. The molecule has 1 fully saturated rings. The Labute approximate surface area is 147 Å². The highest BCUT2D eigenvalue weighted by Crippen LogP contribution is 2.24. The fraction of sp³-hybridized carbons (Fsp3) is 0.421. The van der Waals surface area contributed by atoms with Gasteiger partial charge in [0.25, 0.3) is 0 Å². The first kappa shape index (κ1) is 15.9. The largest absolute Gasteiger partial charge is 0.494 e. The van der Waals surface area contributed by atoms with Gasteiger partial charge >= 0.3 is 0 Å². The Bertz CT molecular complexity index is 854. The molecule has 0 unspecified atom stereocenters. The first-order valence-electron chi connectivity index (χ1n) is 9.02. The number of anilines is 1. The van der Waals surface area contributed by atoms with Gasteiger partial charge in [-0.15, -0.1) is 0 Å². The summed E-state index contributed by atoms with van der Waals surface area (Å²) in [5.74, 6) is 2.42. The van der Waals surface area contributed by atoms with E-state index in [-0.39, 0.29) is 0 Å². The third kappa shape index (κ3) is 3.43. The molecule has 4 rings (SSSR count). The Balaban J connectivity index is 1.63. The zero-order chi connectivity index (χ0) is 17.1. The van der Waals surface area contributed by atoms with E-state index in [0.29, 0.717) is 12.6 Å². The van der Waals surface area contributed by atoms with Crippen molar-refractivity contribution in [2.75, 3.05) is 11.9 Å². The van der Waals surface area contributed by atoms with Crippen LogP contribution in [0.3, 0.4) is 0 Å². The highest BCUT2D eigenvalue weighted by molar-refractivity contribution is 5.78. The number of nitrogens with one attached hydrogen (secondary N) is 1. The van der Waals surface area contributed by atoms with Crippen LogP contribution in [0.1, 0.15) is 39.0 Å². The van der Waals surface area contributed by atoms with E-state index in [9.17, 15) is 0 Å². The zero-order valence-electron chi connectivity index (χ0n) is 14.5. The molecule has 2 heterocycles. The van der Waals surface area contributed by atoms with Crippen molar-refractivity contribution in [3.63, 3.8) is 0 Å². The number of rotatable bonds is 5. The monoisotopic (exact) mass is 337 g/mol. The van der Waals surface area contributed by atoms with Crippen molar-refractivity contribution in [3.05, 3.63) is 36.9 Å². The van der Waals surface area contributed by atoms with Gasteiger partial charge in [-0.25, -0.2) is 9.97 Å². The van der Waals surface area contributed by atoms with Crippen LogP contribution < -0.4 is 10.1 Å². The molecule has 130 valence electrons. The van der Waals surface area contributed by atoms with Crippen molar-refractivity contribution >= 4 is 16.9 Å². The van der Waals surface area contributed by atoms with Crippen LogP contribution in [-0.4, -0.2) is 32.2 Å². The van der Waals surface area contributed by atoms with Crippen molar-refractivity contribution in [2.45, 2.75) is 45.1 Å². The number of benzene rings is 1. The van der Waals surface area contributed by atoms with E-state index in [2.05, 4.69) is 15.3 Å². The van der Waals surface area contributed by atoms with Gasteiger partial charge in [-0.3, -0.25) is 9.55 Å². The summed E-state index contributed by atoms with van der Waals surface area (Å²) < 4.78 is 7.56. The molecule has 1 aromatic carbocycles. The Kier molecular flexibility index (Phi) is 4.50. The van der Waals surface area contributed by atoms with Crippen LogP contribution in [0, 0.1) is 0 Å². The number of aromatic nitrogens is 4. The maximum Gasteiger partial charge on any atom is 0.159 e. The van der Waals surface area contributed by atoms with Crippen molar-refractivity contribution in [1.82, 2.24) is 19.5 Å². The highest BCUT2D eigenvalue weighted by Gasteiger charge is 2.14. The van der Waals surface area contributed by atoms with Gasteiger partial charge in [-0.2, -0.15) is 0 Å². The quantitative estimate of drug-likeness (QED) is 0.763. The van der Waals surface area contributed by atoms with E-state index in [1.54, 1.807) is 18.7 Å². The van der Waals surface area contributed by atoms with Crippen LogP contribution in [0.25, 0.3) is 16.9 Å². The van der Waals surface area contributed by atoms with E-state index in [1.165, 1.54) is 32.1 Å². The summed E-state index contributed by atoms with van der Waals surface area (Å²) in [5, 5.41) is 3.53. The SMILES string of the molecule is CCOc1ccc2ncn(-c3cncc(NC4CCCCC4)n3)c2c1. The smallest absolute Gasteiger partial charge is 0.159 e. The molecule has 1 saturated carbocycles. The first-order valence-corrected chi connectivity index (χ1v) is 9.02. The molecule has 1 aliphatic rings. The number of hydrogen-bond acceptors (Lipinski definition) is 5. The van der Waals surface area contributed by atoms with E-state index in [0.717, 1.165) is 28.4 Å². The summed E-state index contributed by atoms with van der Waals surface area (Å²) in [4.78, 5) is 13.6. The molecule has 0 radical (unpaired) electrons. The fourth-order valence-electron chi connectivity index (χ4n) is 3.42. The molecule has 0 bridgehead atoms. The van der Waals surface area contributed by atoms with E-state index in [4.69, 9.17) is 9.72 Å². The van der Waals surface area contributed by atoms with Gasteiger partial charge in [0.2, 0.25) is 0 Å². The molecule has 0 saturated heterocycles. The molecule has 1 N–H and O–H groups in total. The lowest BCUT2D eigenvalue weighted by atomic mass is 9.96. The second-order valence-corrected chi connectivity index (χ2v) is 6.44. The molecule has 1 aliphatic carbocycles. The van der Waals surface area contributed by atoms with E-state index in [1.807, 2.05) is 29.7 Å². The number of fused-ring (bicyclic) bond motifs is 1. The minimum absolute atomic E-state index is 0.502. The summed E-state index contributed by atoms with van der Waals surface area (Å²) in [7, 11) is 0.